The van der Waals surface area contributed by atoms with Gasteiger partial charge in [0.15, 0.2) is 6.10 Å². The van der Waals surface area contributed by atoms with Crippen LogP contribution in [0.5, 0.6) is 0 Å². The van der Waals surface area contributed by atoms with E-state index in [1.54, 1.807) is 0 Å². The van der Waals surface area contributed by atoms with Gasteiger partial charge < -0.3 is 24.2 Å². The van der Waals surface area contributed by atoms with Crippen molar-refractivity contribution in [2.45, 2.75) is 264 Å². The van der Waals surface area contributed by atoms with E-state index in [9.17, 15) is 28.9 Å². The smallest absolute Gasteiger partial charge is 0.462 e. The fraction of sp³-hybridized carbons (Fsp3) is 0.776. The van der Waals surface area contributed by atoms with Crippen molar-refractivity contribution < 1.29 is 52.2 Å². The summed E-state index contributed by atoms with van der Waals surface area (Å²) in [4.78, 5) is 48.4. The van der Waals surface area contributed by atoms with Gasteiger partial charge in [-0.3, -0.25) is 23.4 Å². The number of hydrogen-bond acceptors (Lipinski definition) is 10. The van der Waals surface area contributed by atoms with Crippen molar-refractivity contribution in [3.63, 3.8) is 0 Å². The van der Waals surface area contributed by atoms with Crippen molar-refractivity contribution in [2.75, 3.05) is 26.4 Å². The maximum absolute atomic E-state index is 12.9. The van der Waals surface area contributed by atoms with Gasteiger partial charge in [0.2, 0.25) is 0 Å². The number of esters is 3. The number of ether oxygens (including phenoxy) is 3. The lowest BCUT2D eigenvalue weighted by Crippen LogP contribution is -2.30. The SMILES string of the molecule is CC/C=C\C/C=C\C/C=C\C/C=C\C/C=C\CCCCCC(=O)OC(COC(=O)CCCCCCCCCCCCC)COP(=O)(O)OCC(CO)OC(=O)CCCCCCCCCCCCCCC. The van der Waals surface area contributed by atoms with Crippen molar-refractivity contribution in [1.82, 2.24) is 0 Å². The Morgan fingerprint density at radius 1 is 0.414 bits per heavy atom. The monoisotopic (exact) mass is 1010 g/mol. The van der Waals surface area contributed by atoms with E-state index < -0.39 is 57.8 Å². The summed E-state index contributed by atoms with van der Waals surface area (Å²) >= 11 is 0. The van der Waals surface area contributed by atoms with Crippen LogP contribution in [-0.4, -0.2) is 66.5 Å². The Balaban J connectivity index is 4.75. The minimum Gasteiger partial charge on any atom is -0.462 e. The summed E-state index contributed by atoms with van der Waals surface area (Å²) < 4.78 is 39.4. The van der Waals surface area contributed by atoms with E-state index in [0.29, 0.717) is 19.3 Å². The topological polar surface area (TPSA) is 155 Å². The lowest BCUT2D eigenvalue weighted by molar-refractivity contribution is -0.161. The summed E-state index contributed by atoms with van der Waals surface area (Å²) in [5, 5.41) is 9.79. The Morgan fingerprint density at radius 2 is 0.743 bits per heavy atom. The molecule has 0 heterocycles. The van der Waals surface area contributed by atoms with Gasteiger partial charge in [-0.05, 0) is 64.2 Å². The van der Waals surface area contributed by atoms with Crippen molar-refractivity contribution in [1.29, 1.82) is 0 Å². The molecule has 0 saturated heterocycles. The number of aliphatic hydroxyl groups is 1. The van der Waals surface area contributed by atoms with Crippen LogP contribution in [0.2, 0.25) is 0 Å². The molecule has 0 aromatic heterocycles. The van der Waals surface area contributed by atoms with Gasteiger partial charge in [-0.15, -0.1) is 0 Å². The molecule has 12 heteroatoms. The number of carbonyl (C=O) groups is 3. The highest BCUT2D eigenvalue weighted by molar-refractivity contribution is 7.47. The predicted molar refractivity (Wildman–Crippen MR) is 288 cm³/mol. The lowest BCUT2D eigenvalue weighted by atomic mass is 10.0. The summed E-state index contributed by atoms with van der Waals surface area (Å²) in [5.41, 5.74) is 0. The Bertz CT molecular complexity index is 1410. The van der Waals surface area contributed by atoms with E-state index in [4.69, 9.17) is 23.3 Å². The standard InChI is InChI=1S/C58H103O11P/c1-4-7-10-13-16-19-22-24-25-26-27-28-29-31-34-37-40-43-46-49-58(62)69-55(51-65-56(60)47-44-41-38-35-32-21-18-15-12-9-6-3)53-67-70(63,64)66-52-54(50-59)68-57(61)48-45-42-39-36-33-30-23-20-17-14-11-8-5-2/h7,10,16,19,24-25,27-28,31,34,54-55,59H,4-6,8-9,11-15,17-18,20-23,26,29-30,32-33,35-53H2,1-3H3,(H,63,64)/b10-7-,19-16-,25-24-,28-27-,34-31-. The summed E-state index contributed by atoms with van der Waals surface area (Å²) in [7, 11) is -4.75. The first-order chi connectivity index (χ1) is 34.2. The number of carbonyl (C=O) groups excluding carboxylic acids is 3. The first kappa shape index (κ1) is 67.2. The maximum atomic E-state index is 12.9. The lowest BCUT2D eigenvalue weighted by Gasteiger charge is -2.21. The number of hydrogen-bond donors (Lipinski definition) is 2. The van der Waals surface area contributed by atoms with Crippen LogP contribution in [0.4, 0.5) is 0 Å². The first-order valence-electron chi connectivity index (χ1n) is 28.2. The van der Waals surface area contributed by atoms with Gasteiger partial charge in [0, 0.05) is 19.3 Å². The highest BCUT2D eigenvalue weighted by atomic mass is 31.2. The second-order valence-corrected chi connectivity index (χ2v) is 20.2. The normalized spacial score (nSPS) is 13.8. The third-order valence-electron chi connectivity index (χ3n) is 12.0. The molecule has 406 valence electrons. The van der Waals surface area contributed by atoms with Gasteiger partial charge in [0.1, 0.15) is 12.7 Å². The largest absolute Gasteiger partial charge is 0.472 e. The molecular weight excluding hydrogens is 904 g/mol. The molecule has 0 fully saturated rings. The Kier molecular flexibility index (Phi) is 50.4. The van der Waals surface area contributed by atoms with Crippen LogP contribution in [0.25, 0.3) is 0 Å². The van der Waals surface area contributed by atoms with Crippen molar-refractivity contribution in [2.24, 2.45) is 0 Å². The van der Waals surface area contributed by atoms with Gasteiger partial charge in [-0.1, -0.05) is 229 Å². The number of aliphatic hydroxyl groups excluding tert-OH is 1. The van der Waals surface area contributed by atoms with Crippen LogP contribution in [0.15, 0.2) is 60.8 Å². The van der Waals surface area contributed by atoms with E-state index in [-0.39, 0.29) is 25.9 Å². The minimum absolute atomic E-state index is 0.130. The van der Waals surface area contributed by atoms with Crippen molar-refractivity contribution in [3.8, 4) is 0 Å². The maximum Gasteiger partial charge on any atom is 0.472 e. The Labute approximate surface area is 427 Å². The van der Waals surface area contributed by atoms with Gasteiger partial charge >= 0.3 is 25.7 Å². The molecule has 0 aromatic rings. The third kappa shape index (κ3) is 50.1. The van der Waals surface area contributed by atoms with E-state index in [1.165, 1.54) is 103 Å². The molecular formula is C58H103O11P. The number of rotatable bonds is 52. The van der Waals surface area contributed by atoms with Crippen molar-refractivity contribution >= 4 is 25.7 Å². The Morgan fingerprint density at radius 3 is 1.14 bits per heavy atom. The molecule has 0 saturated carbocycles. The van der Waals surface area contributed by atoms with Crippen LogP contribution < -0.4 is 0 Å². The molecule has 3 unspecified atom stereocenters. The summed E-state index contributed by atoms with van der Waals surface area (Å²) in [5.74, 6) is -1.49. The fourth-order valence-corrected chi connectivity index (χ4v) is 8.46. The average molecular weight is 1010 g/mol. The van der Waals surface area contributed by atoms with Gasteiger partial charge in [0.05, 0.1) is 19.8 Å². The van der Waals surface area contributed by atoms with E-state index in [0.717, 1.165) is 89.9 Å². The van der Waals surface area contributed by atoms with Crippen LogP contribution in [0.1, 0.15) is 252 Å². The van der Waals surface area contributed by atoms with E-state index in [2.05, 4.69) is 81.5 Å². The molecule has 0 bridgehead atoms. The van der Waals surface area contributed by atoms with E-state index in [1.807, 2.05) is 0 Å². The molecule has 0 aromatic carbocycles. The molecule has 0 amide bonds. The van der Waals surface area contributed by atoms with E-state index >= 15 is 0 Å². The quantitative estimate of drug-likeness (QED) is 0.0197. The second-order valence-electron chi connectivity index (χ2n) is 18.7. The van der Waals surface area contributed by atoms with Crippen LogP contribution >= 0.6 is 7.82 Å². The summed E-state index contributed by atoms with van der Waals surface area (Å²) in [6, 6.07) is 0. The zero-order valence-corrected chi connectivity index (χ0v) is 45.6. The molecule has 11 nitrogen and oxygen atoms in total. The molecule has 0 spiro atoms. The molecule has 70 heavy (non-hydrogen) atoms. The number of phosphoric ester groups is 1. The molecule has 0 rings (SSSR count). The highest BCUT2D eigenvalue weighted by Crippen LogP contribution is 2.43. The second kappa shape index (κ2) is 52.5. The average Bonchev–Trinajstić information content (AvgIpc) is 3.35. The summed E-state index contributed by atoms with van der Waals surface area (Å²) in [6.45, 7) is 4.50. The molecule has 0 aliphatic heterocycles. The molecule has 3 atom stereocenters. The number of allylic oxidation sites excluding steroid dienone is 10. The number of unbranched alkanes of at least 4 members (excludes halogenated alkanes) is 25. The molecule has 0 aliphatic rings. The summed E-state index contributed by atoms with van der Waals surface area (Å²) in [6.07, 6.45) is 56.1. The van der Waals surface area contributed by atoms with Crippen LogP contribution in [-0.2, 0) is 42.2 Å². The molecule has 2 N–H and O–H groups in total. The first-order valence-corrected chi connectivity index (χ1v) is 29.7. The predicted octanol–water partition coefficient (Wildman–Crippen LogP) is 16.4. The van der Waals surface area contributed by atoms with Gasteiger partial charge in [-0.2, -0.15) is 0 Å². The molecule has 0 aliphatic carbocycles. The van der Waals surface area contributed by atoms with Crippen LogP contribution in [0.3, 0.4) is 0 Å². The molecule has 0 radical (unpaired) electrons. The zero-order valence-electron chi connectivity index (χ0n) is 44.7. The highest BCUT2D eigenvalue weighted by Gasteiger charge is 2.28. The van der Waals surface area contributed by atoms with Gasteiger partial charge in [-0.25, -0.2) is 4.57 Å². The fourth-order valence-electron chi connectivity index (χ4n) is 7.68. The van der Waals surface area contributed by atoms with Crippen molar-refractivity contribution in [3.05, 3.63) is 60.8 Å². The van der Waals surface area contributed by atoms with Gasteiger partial charge in [0.25, 0.3) is 0 Å². The van der Waals surface area contributed by atoms with Crippen LogP contribution in [0, 0.1) is 0 Å². The third-order valence-corrected chi connectivity index (χ3v) is 12.9. The Hall–Kier alpha value is -2.82. The minimum atomic E-state index is -4.75. The zero-order chi connectivity index (χ0) is 51.3. The number of phosphoric acid groups is 1.